The number of amides is 1. The Morgan fingerprint density at radius 3 is 2.59 bits per heavy atom. The minimum Gasteiger partial charge on any atom is -0.356 e. The van der Waals surface area contributed by atoms with Crippen LogP contribution in [0.5, 0.6) is 0 Å². The van der Waals surface area contributed by atoms with Crippen LogP contribution in [0, 0.1) is 12.8 Å². The summed E-state index contributed by atoms with van der Waals surface area (Å²) in [6.45, 7) is 6.49. The topological polar surface area (TPSA) is 72.9 Å². The van der Waals surface area contributed by atoms with Gasteiger partial charge in [-0.25, -0.2) is 4.98 Å². The molecule has 0 radical (unpaired) electrons. The molecule has 1 rings (SSSR count). The fourth-order valence-electron chi connectivity index (χ4n) is 2.16. The Bertz CT molecular complexity index is 399. The van der Waals surface area contributed by atoms with E-state index in [9.17, 15) is 4.79 Å². The number of nitrogens with one attached hydrogen (secondary N) is 1. The summed E-state index contributed by atoms with van der Waals surface area (Å²) in [5, 5.41) is 3.01. The van der Waals surface area contributed by atoms with Gasteiger partial charge in [0.05, 0.1) is 0 Å². The van der Waals surface area contributed by atoms with Crippen molar-refractivity contribution in [3.63, 3.8) is 0 Å². The fourth-order valence-corrected chi connectivity index (χ4v) is 2.16. The molecule has 3 N–H and O–H groups in total. The maximum absolute atomic E-state index is 11.7. The zero-order valence-corrected chi connectivity index (χ0v) is 15.2. The summed E-state index contributed by atoms with van der Waals surface area (Å²) < 4.78 is 2.11. The van der Waals surface area contributed by atoms with Crippen molar-refractivity contribution in [3.05, 3.63) is 18.2 Å². The Hall–Kier alpha value is -0.780. The maximum atomic E-state index is 11.7. The molecule has 0 aliphatic heterocycles. The summed E-state index contributed by atoms with van der Waals surface area (Å²) in [6.07, 6.45) is 8.65. The Balaban J connectivity index is 0. The third-order valence-corrected chi connectivity index (χ3v) is 3.44. The summed E-state index contributed by atoms with van der Waals surface area (Å²) in [7, 11) is 0. The van der Waals surface area contributed by atoms with Gasteiger partial charge in [0, 0.05) is 31.9 Å². The van der Waals surface area contributed by atoms with Crippen LogP contribution in [0.3, 0.4) is 0 Å². The Labute approximate surface area is 146 Å². The van der Waals surface area contributed by atoms with Crippen LogP contribution in [0.1, 0.15) is 44.9 Å². The Kier molecular flexibility index (Phi) is 14.8. The molecule has 0 spiro atoms. The van der Waals surface area contributed by atoms with E-state index < -0.39 is 0 Å². The number of hydrogen-bond acceptors (Lipinski definition) is 3. The van der Waals surface area contributed by atoms with Crippen LogP contribution in [-0.2, 0) is 11.3 Å². The number of imidazole rings is 1. The summed E-state index contributed by atoms with van der Waals surface area (Å²) in [4.78, 5) is 15.9. The number of nitrogens with two attached hydrogens (primary N) is 1. The van der Waals surface area contributed by atoms with Gasteiger partial charge < -0.3 is 15.6 Å². The normalized spacial score (nSPS) is 11.2. The first-order chi connectivity index (χ1) is 9.63. The monoisotopic (exact) mass is 352 g/mol. The first kappa shape index (κ1) is 23.5. The molecule has 1 unspecified atom stereocenters. The van der Waals surface area contributed by atoms with Crippen molar-refractivity contribution in [1.29, 1.82) is 0 Å². The second kappa shape index (κ2) is 13.9. The van der Waals surface area contributed by atoms with Gasteiger partial charge >= 0.3 is 0 Å². The lowest BCUT2D eigenvalue weighted by Crippen LogP contribution is -2.29. The van der Waals surface area contributed by atoms with Gasteiger partial charge in [-0.15, -0.1) is 24.8 Å². The van der Waals surface area contributed by atoms with Gasteiger partial charge in [-0.3, -0.25) is 4.79 Å². The largest absolute Gasteiger partial charge is 0.356 e. The molecule has 0 bridgehead atoms. The van der Waals surface area contributed by atoms with Gasteiger partial charge in [-0.1, -0.05) is 19.8 Å². The highest BCUT2D eigenvalue weighted by Crippen LogP contribution is 2.04. The third-order valence-electron chi connectivity index (χ3n) is 3.44. The van der Waals surface area contributed by atoms with E-state index in [0.717, 1.165) is 51.1 Å². The molecular formula is C15H30Cl2N4O. The molecule has 0 saturated carbocycles. The molecule has 0 saturated heterocycles. The molecule has 5 nitrogen and oxygen atoms in total. The van der Waals surface area contributed by atoms with E-state index in [0.29, 0.717) is 12.3 Å². The minimum atomic E-state index is 0. The van der Waals surface area contributed by atoms with E-state index in [2.05, 4.69) is 21.8 Å². The Morgan fingerprint density at radius 1 is 1.32 bits per heavy atom. The van der Waals surface area contributed by atoms with E-state index in [-0.39, 0.29) is 30.7 Å². The molecular weight excluding hydrogens is 323 g/mol. The highest BCUT2D eigenvalue weighted by Gasteiger charge is 2.07. The van der Waals surface area contributed by atoms with E-state index in [1.54, 1.807) is 0 Å². The van der Waals surface area contributed by atoms with E-state index in [1.807, 2.05) is 19.3 Å². The number of unbranched alkanes of at least 4 members (excludes halogenated alkanes) is 3. The molecule has 7 heteroatoms. The first-order valence-electron chi connectivity index (χ1n) is 7.58. The number of aromatic nitrogens is 2. The van der Waals surface area contributed by atoms with Gasteiger partial charge in [-0.2, -0.15) is 0 Å². The summed E-state index contributed by atoms with van der Waals surface area (Å²) in [5.41, 5.74) is 5.43. The highest BCUT2D eigenvalue weighted by molar-refractivity contribution is 5.85. The first-order valence-corrected chi connectivity index (χ1v) is 7.58. The van der Waals surface area contributed by atoms with Gasteiger partial charge in [0.1, 0.15) is 5.82 Å². The lowest BCUT2D eigenvalue weighted by molar-refractivity contribution is -0.121. The molecule has 22 heavy (non-hydrogen) atoms. The molecule has 1 amide bonds. The maximum Gasteiger partial charge on any atom is 0.220 e. The van der Waals surface area contributed by atoms with Crippen LogP contribution in [0.2, 0.25) is 0 Å². The van der Waals surface area contributed by atoms with Crippen molar-refractivity contribution in [1.82, 2.24) is 14.9 Å². The molecule has 1 atom stereocenters. The number of carbonyl (C=O) groups is 1. The highest BCUT2D eigenvalue weighted by atomic mass is 35.5. The van der Waals surface area contributed by atoms with E-state index in [4.69, 9.17) is 5.73 Å². The summed E-state index contributed by atoms with van der Waals surface area (Å²) in [5.74, 6) is 1.58. The molecule has 1 aromatic heterocycles. The number of carbonyl (C=O) groups excluding carboxylic acids is 1. The molecule has 0 aliphatic carbocycles. The van der Waals surface area contributed by atoms with Crippen LogP contribution >= 0.6 is 24.8 Å². The van der Waals surface area contributed by atoms with Gasteiger partial charge in [0.15, 0.2) is 0 Å². The van der Waals surface area contributed by atoms with Crippen LogP contribution < -0.4 is 11.1 Å². The van der Waals surface area contributed by atoms with Crippen molar-refractivity contribution in [2.24, 2.45) is 11.7 Å². The number of hydrogen-bond donors (Lipinski definition) is 2. The van der Waals surface area contributed by atoms with Gasteiger partial charge in [-0.05, 0) is 32.2 Å². The quantitative estimate of drug-likeness (QED) is 0.635. The van der Waals surface area contributed by atoms with Gasteiger partial charge in [0.25, 0.3) is 0 Å². The second-order valence-electron chi connectivity index (χ2n) is 5.49. The van der Waals surface area contributed by atoms with Crippen LogP contribution in [-0.4, -0.2) is 28.5 Å². The van der Waals surface area contributed by atoms with E-state index >= 15 is 0 Å². The zero-order valence-electron chi connectivity index (χ0n) is 13.6. The Morgan fingerprint density at radius 2 is 2.00 bits per heavy atom. The average Bonchev–Trinajstić information content (AvgIpc) is 2.82. The van der Waals surface area contributed by atoms with Crippen molar-refractivity contribution < 1.29 is 4.79 Å². The molecule has 0 fully saturated rings. The summed E-state index contributed by atoms with van der Waals surface area (Å²) in [6, 6.07) is 0. The fraction of sp³-hybridized carbons (Fsp3) is 0.733. The molecule has 0 aliphatic rings. The number of rotatable bonds is 10. The van der Waals surface area contributed by atoms with Crippen LogP contribution in [0.15, 0.2) is 12.4 Å². The number of aryl methyl sites for hydroxylation is 1. The van der Waals surface area contributed by atoms with Gasteiger partial charge in [0.2, 0.25) is 5.91 Å². The predicted molar refractivity (Wildman–Crippen MR) is 95.8 cm³/mol. The molecule has 1 aromatic rings. The lowest BCUT2D eigenvalue weighted by Gasteiger charge is -2.14. The molecule has 1 heterocycles. The SMILES string of the molecule is Cc1nccn1CC(C)CNC(=O)CCCCCCN.Cl.Cl. The molecule has 130 valence electrons. The standard InChI is InChI=1S/C15H28N4O.2ClH/c1-13(12-19-10-9-17-14(19)2)11-18-15(20)7-5-3-4-6-8-16;;/h9-10,13H,3-8,11-12,16H2,1-2H3,(H,18,20);2*1H. The second-order valence-corrected chi connectivity index (χ2v) is 5.49. The third kappa shape index (κ3) is 10.0. The number of halogens is 2. The van der Waals surface area contributed by atoms with Crippen molar-refractivity contribution >= 4 is 30.7 Å². The van der Waals surface area contributed by atoms with Crippen molar-refractivity contribution in [3.8, 4) is 0 Å². The van der Waals surface area contributed by atoms with Crippen molar-refractivity contribution in [2.75, 3.05) is 13.1 Å². The smallest absolute Gasteiger partial charge is 0.220 e. The van der Waals surface area contributed by atoms with E-state index in [1.165, 1.54) is 0 Å². The van der Waals surface area contributed by atoms with Crippen molar-refractivity contribution in [2.45, 2.75) is 52.5 Å². The number of nitrogens with zero attached hydrogens (tertiary/aromatic N) is 2. The van der Waals surface area contributed by atoms with Crippen LogP contribution in [0.25, 0.3) is 0 Å². The minimum absolute atomic E-state index is 0. The zero-order chi connectivity index (χ0) is 14.8. The molecule has 0 aromatic carbocycles. The predicted octanol–water partition coefficient (Wildman–Crippen LogP) is 2.70. The van der Waals surface area contributed by atoms with Crippen LogP contribution in [0.4, 0.5) is 0 Å². The summed E-state index contributed by atoms with van der Waals surface area (Å²) >= 11 is 0. The average molecular weight is 353 g/mol. The lowest BCUT2D eigenvalue weighted by atomic mass is 10.1.